The van der Waals surface area contributed by atoms with Gasteiger partial charge < -0.3 is 4.74 Å². The predicted octanol–water partition coefficient (Wildman–Crippen LogP) is 3.74. The van der Waals surface area contributed by atoms with Crippen molar-refractivity contribution >= 4 is 5.97 Å². The summed E-state index contributed by atoms with van der Waals surface area (Å²) in [5.41, 5.74) is 4.68. The number of rotatable bonds is 1. The van der Waals surface area contributed by atoms with Crippen LogP contribution in [0.5, 0.6) is 5.75 Å². The second kappa shape index (κ2) is 4.54. The molecule has 0 aliphatic carbocycles. The van der Waals surface area contributed by atoms with Gasteiger partial charge in [0.15, 0.2) is 0 Å². The third-order valence-electron chi connectivity index (χ3n) is 3.80. The van der Waals surface area contributed by atoms with Crippen molar-refractivity contribution in [2.75, 3.05) is 0 Å². The molecule has 2 heteroatoms. The van der Waals surface area contributed by atoms with Gasteiger partial charge in [0.25, 0.3) is 0 Å². The van der Waals surface area contributed by atoms with Crippen molar-refractivity contribution in [3.63, 3.8) is 0 Å². The number of benzene rings is 2. The second-order valence-corrected chi connectivity index (χ2v) is 5.12. The molecule has 0 amide bonds. The molecule has 1 unspecified atom stereocenters. The Morgan fingerprint density at radius 1 is 1.05 bits per heavy atom. The van der Waals surface area contributed by atoms with Gasteiger partial charge in [0.05, 0.1) is 6.42 Å². The number of ether oxygens (including phenoxy) is 1. The molecule has 0 radical (unpaired) electrons. The first-order chi connectivity index (χ1) is 9.15. The van der Waals surface area contributed by atoms with Crippen LogP contribution in [0, 0.1) is 13.8 Å². The maximum Gasteiger partial charge on any atom is 0.312 e. The highest BCUT2D eigenvalue weighted by Gasteiger charge is 2.28. The fraction of sp³-hybridized carbons (Fsp3) is 0.235. The average molecular weight is 252 g/mol. The largest absolute Gasteiger partial charge is 0.426 e. The highest BCUT2D eigenvalue weighted by molar-refractivity contribution is 5.78. The van der Waals surface area contributed by atoms with Gasteiger partial charge in [-0.05, 0) is 36.6 Å². The molecule has 3 rings (SSSR count). The van der Waals surface area contributed by atoms with E-state index in [4.69, 9.17) is 4.74 Å². The summed E-state index contributed by atoms with van der Waals surface area (Å²) in [6, 6.07) is 14.3. The van der Waals surface area contributed by atoms with Gasteiger partial charge in [0, 0.05) is 11.5 Å². The number of esters is 1. The molecular formula is C17H16O2. The van der Waals surface area contributed by atoms with Crippen LogP contribution in [0.3, 0.4) is 0 Å². The van der Waals surface area contributed by atoms with Crippen LogP contribution < -0.4 is 4.74 Å². The smallest absolute Gasteiger partial charge is 0.312 e. The summed E-state index contributed by atoms with van der Waals surface area (Å²) in [4.78, 5) is 11.8. The molecule has 0 aromatic heterocycles. The van der Waals surface area contributed by atoms with Gasteiger partial charge in [-0.1, -0.05) is 36.4 Å². The lowest BCUT2D eigenvalue weighted by molar-refractivity contribution is -0.135. The van der Waals surface area contributed by atoms with Crippen LogP contribution in [-0.2, 0) is 4.79 Å². The van der Waals surface area contributed by atoms with E-state index in [0.29, 0.717) is 12.2 Å². The Hall–Kier alpha value is -2.09. The van der Waals surface area contributed by atoms with Crippen LogP contribution in [0.1, 0.15) is 34.6 Å². The molecule has 96 valence electrons. The summed E-state index contributed by atoms with van der Waals surface area (Å²) in [5, 5.41) is 0. The summed E-state index contributed by atoms with van der Waals surface area (Å²) in [7, 11) is 0. The molecule has 2 aromatic rings. The Morgan fingerprint density at radius 3 is 2.47 bits per heavy atom. The summed E-state index contributed by atoms with van der Waals surface area (Å²) in [6.07, 6.45) is 0.416. The first-order valence-electron chi connectivity index (χ1n) is 6.52. The summed E-state index contributed by atoms with van der Waals surface area (Å²) in [5.74, 6) is 0.676. The van der Waals surface area contributed by atoms with Crippen molar-refractivity contribution in [3.8, 4) is 5.75 Å². The van der Waals surface area contributed by atoms with E-state index < -0.39 is 0 Å². The van der Waals surface area contributed by atoms with E-state index in [1.54, 1.807) is 0 Å². The molecule has 0 spiro atoms. The number of fused-ring (bicyclic) bond motifs is 1. The summed E-state index contributed by atoms with van der Waals surface area (Å²) < 4.78 is 5.38. The second-order valence-electron chi connectivity index (χ2n) is 5.12. The fourth-order valence-corrected chi connectivity index (χ4v) is 2.60. The van der Waals surface area contributed by atoms with Crippen LogP contribution in [0.15, 0.2) is 42.5 Å². The maximum atomic E-state index is 11.8. The fourth-order valence-electron chi connectivity index (χ4n) is 2.60. The highest BCUT2D eigenvalue weighted by Crippen LogP contribution is 2.39. The number of aryl methyl sites for hydroxylation is 2. The van der Waals surface area contributed by atoms with Crippen molar-refractivity contribution in [3.05, 3.63) is 64.7 Å². The SMILES string of the molecule is Cc1cc2c(cc1C)C(c1ccccc1)CC(=O)O2. The number of carbonyl (C=O) groups excluding carboxylic acids is 1. The number of carbonyl (C=O) groups is 1. The zero-order chi connectivity index (χ0) is 13.4. The van der Waals surface area contributed by atoms with E-state index in [0.717, 1.165) is 11.1 Å². The topological polar surface area (TPSA) is 26.3 Å². The molecule has 0 fully saturated rings. The molecule has 19 heavy (non-hydrogen) atoms. The van der Waals surface area contributed by atoms with Crippen molar-refractivity contribution in [1.82, 2.24) is 0 Å². The maximum absolute atomic E-state index is 11.8. The summed E-state index contributed by atoms with van der Waals surface area (Å²) in [6.45, 7) is 4.13. The first kappa shape index (κ1) is 12.0. The first-order valence-corrected chi connectivity index (χ1v) is 6.52. The molecule has 0 saturated carbocycles. The van der Waals surface area contributed by atoms with E-state index >= 15 is 0 Å². The monoisotopic (exact) mass is 252 g/mol. The molecule has 1 heterocycles. The zero-order valence-corrected chi connectivity index (χ0v) is 11.1. The molecule has 1 atom stereocenters. The Kier molecular flexibility index (Phi) is 2.86. The van der Waals surface area contributed by atoms with Crippen molar-refractivity contribution in [2.24, 2.45) is 0 Å². The van der Waals surface area contributed by atoms with Gasteiger partial charge in [0.1, 0.15) is 5.75 Å². The quantitative estimate of drug-likeness (QED) is 0.571. The Morgan fingerprint density at radius 2 is 1.74 bits per heavy atom. The van der Waals surface area contributed by atoms with Crippen LogP contribution in [0.25, 0.3) is 0 Å². The van der Waals surface area contributed by atoms with E-state index in [1.807, 2.05) is 31.2 Å². The third-order valence-corrected chi connectivity index (χ3v) is 3.80. The molecule has 2 nitrogen and oxygen atoms in total. The van der Waals surface area contributed by atoms with Crippen LogP contribution in [0.4, 0.5) is 0 Å². The van der Waals surface area contributed by atoms with Crippen LogP contribution in [0.2, 0.25) is 0 Å². The lowest BCUT2D eigenvalue weighted by Crippen LogP contribution is -2.21. The molecule has 1 aliphatic heterocycles. The lowest BCUT2D eigenvalue weighted by Gasteiger charge is -2.26. The van der Waals surface area contributed by atoms with Gasteiger partial charge in [-0.3, -0.25) is 4.79 Å². The summed E-state index contributed by atoms with van der Waals surface area (Å²) >= 11 is 0. The minimum absolute atomic E-state index is 0.108. The molecule has 2 aromatic carbocycles. The standard InChI is InChI=1S/C17H16O2/c1-11-8-15-14(13-6-4-3-5-7-13)10-17(18)19-16(15)9-12(11)2/h3-9,14H,10H2,1-2H3. The Balaban J connectivity index is 2.14. The Bertz CT molecular complexity index is 629. The van der Waals surface area contributed by atoms with Crippen molar-refractivity contribution < 1.29 is 9.53 Å². The number of hydrogen-bond acceptors (Lipinski definition) is 2. The lowest BCUT2D eigenvalue weighted by atomic mass is 9.85. The highest BCUT2D eigenvalue weighted by atomic mass is 16.5. The third kappa shape index (κ3) is 2.14. The van der Waals surface area contributed by atoms with Gasteiger partial charge in [-0.15, -0.1) is 0 Å². The zero-order valence-electron chi connectivity index (χ0n) is 11.1. The molecule has 0 bridgehead atoms. The predicted molar refractivity (Wildman–Crippen MR) is 74.5 cm³/mol. The van der Waals surface area contributed by atoms with Crippen LogP contribution in [-0.4, -0.2) is 5.97 Å². The Labute approximate surface area is 113 Å². The van der Waals surface area contributed by atoms with E-state index in [9.17, 15) is 4.79 Å². The molecule has 1 aliphatic rings. The normalized spacial score (nSPS) is 17.8. The van der Waals surface area contributed by atoms with Gasteiger partial charge in [-0.25, -0.2) is 0 Å². The van der Waals surface area contributed by atoms with E-state index in [2.05, 4.69) is 25.1 Å². The molecule has 0 saturated heterocycles. The minimum Gasteiger partial charge on any atom is -0.426 e. The minimum atomic E-state index is -0.149. The molecule has 0 N–H and O–H groups in total. The van der Waals surface area contributed by atoms with Gasteiger partial charge in [-0.2, -0.15) is 0 Å². The van der Waals surface area contributed by atoms with E-state index in [-0.39, 0.29) is 11.9 Å². The van der Waals surface area contributed by atoms with Gasteiger partial charge in [0.2, 0.25) is 0 Å². The average Bonchev–Trinajstić information content (AvgIpc) is 2.41. The molecular weight excluding hydrogens is 236 g/mol. The van der Waals surface area contributed by atoms with Crippen molar-refractivity contribution in [2.45, 2.75) is 26.2 Å². The van der Waals surface area contributed by atoms with Crippen molar-refractivity contribution in [1.29, 1.82) is 0 Å². The van der Waals surface area contributed by atoms with Gasteiger partial charge >= 0.3 is 5.97 Å². The van der Waals surface area contributed by atoms with E-state index in [1.165, 1.54) is 11.1 Å². The number of hydrogen-bond donors (Lipinski definition) is 0. The van der Waals surface area contributed by atoms with Crippen LogP contribution >= 0.6 is 0 Å².